The lowest BCUT2D eigenvalue weighted by molar-refractivity contribution is -0.138. The molecule has 0 aromatic rings. The highest BCUT2D eigenvalue weighted by Crippen LogP contribution is 2.29. The monoisotopic (exact) mass is 226 g/mol. The van der Waals surface area contributed by atoms with Crippen LogP contribution in [0, 0.1) is 11.8 Å². The molecule has 0 aromatic carbocycles. The maximum Gasteiger partial charge on any atom is 0.227 e. The number of nitrogens with zero attached hydrogens (tertiary/aromatic N) is 1. The van der Waals surface area contributed by atoms with Gasteiger partial charge in [-0.15, -0.1) is 0 Å². The molecule has 3 nitrogen and oxygen atoms in total. The summed E-state index contributed by atoms with van der Waals surface area (Å²) in [5, 5.41) is 0. The van der Waals surface area contributed by atoms with Crippen LogP contribution in [0.1, 0.15) is 46.5 Å². The molecule has 1 amide bonds. The molecule has 94 valence electrons. The summed E-state index contributed by atoms with van der Waals surface area (Å²) in [6.45, 7) is 6.36. The summed E-state index contributed by atoms with van der Waals surface area (Å²) < 4.78 is 0. The Labute approximate surface area is 99.4 Å². The van der Waals surface area contributed by atoms with Crippen LogP contribution in [-0.4, -0.2) is 29.9 Å². The van der Waals surface area contributed by atoms with E-state index in [2.05, 4.69) is 20.8 Å². The molecule has 1 fully saturated rings. The molecule has 1 saturated carbocycles. The van der Waals surface area contributed by atoms with Crippen molar-refractivity contribution in [2.24, 2.45) is 17.6 Å². The van der Waals surface area contributed by atoms with Gasteiger partial charge in [-0.3, -0.25) is 4.79 Å². The van der Waals surface area contributed by atoms with Gasteiger partial charge in [-0.2, -0.15) is 0 Å². The molecule has 0 heterocycles. The second kappa shape index (κ2) is 5.67. The van der Waals surface area contributed by atoms with Gasteiger partial charge in [0.15, 0.2) is 0 Å². The molecule has 0 saturated heterocycles. The second-order valence-electron chi connectivity index (χ2n) is 5.30. The molecule has 3 heteroatoms. The SMILES string of the molecule is CCC(C)N(C)C(=O)C1CCCC(C)C1N. The molecule has 2 N–H and O–H groups in total. The molecule has 0 aliphatic heterocycles. The van der Waals surface area contributed by atoms with E-state index in [-0.39, 0.29) is 17.9 Å². The highest BCUT2D eigenvalue weighted by molar-refractivity contribution is 5.79. The predicted octanol–water partition coefficient (Wildman–Crippen LogP) is 2.01. The normalized spacial score (nSPS) is 32.2. The van der Waals surface area contributed by atoms with Crippen LogP contribution >= 0.6 is 0 Å². The van der Waals surface area contributed by atoms with E-state index >= 15 is 0 Å². The summed E-state index contributed by atoms with van der Waals surface area (Å²) in [7, 11) is 1.91. The van der Waals surface area contributed by atoms with Crippen LogP contribution in [0.3, 0.4) is 0 Å². The second-order valence-corrected chi connectivity index (χ2v) is 5.30. The summed E-state index contributed by atoms with van der Waals surface area (Å²) in [4.78, 5) is 14.2. The van der Waals surface area contributed by atoms with Crippen LogP contribution in [0.25, 0.3) is 0 Å². The third kappa shape index (κ3) is 2.76. The van der Waals surface area contributed by atoms with E-state index in [1.54, 1.807) is 0 Å². The van der Waals surface area contributed by atoms with Crippen molar-refractivity contribution in [3.05, 3.63) is 0 Å². The van der Waals surface area contributed by atoms with Crippen molar-refractivity contribution in [2.45, 2.75) is 58.5 Å². The summed E-state index contributed by atoms with van der Waals surface area (Å²) in [6, 6.07) is 0.365. The van der Waals surface area contributed by atoms with Crippen LogP contribution in [0.2, 0.25) is 0 Å². The van der Waals surface area contributed by atoms with Gasteiger partial charge >= 0.3 is 0 Å². The molecular weight excluding hydrogens is 200 g/mol. The third-order valence-corrected chi connectivity index (χ3v) is 4.21. The Kier molecular flexibility index (Phi) is 4.78. The molecule has 4 atom stereocenters. The highest BCUT2D eigenvalue weighted by Gasteiger charge is 2.34. The maximum absolute atomic E-state index is 12.3. The molecule has 0 aromatic heterocycles. The number of nitrogens with two attached hydrogens (primary N) is 1. The molecule has 4 unspecified atom stereocenters. The van der Waals surface area contributed by atoms with E-state index in [9.17, 15) is 4.79 Å². The Morgan fingerprint density at radius 3 is 2.69 bits per heavy atom. The fraction of sp³-hybridized carbons (Fsp3) is 0.923. The first-order valence-corrected chi connectivity index (χ1v) is 6.51. The van der Waals surface area contributed by atoms with Crippen LogP contribution in [0.4, 0.5) is 0 Å². The Hall–Kier alpha value is -0.570. The first-order valence-electron chi connectivity index (χ1n) is 6.51. The van der Waals surface area contributed by atoms with E-state index in [1.807, 2.05) is 11.9 Å². The molecule has 0 spiro atoms. The first-order chi connectivity index (χ1) is 7.49. The average Bonchev–Trinajstić information content (AvgIpc) is 2.29. The first kappa shape index (κ1) is 13.5. The van der Waals surface area contributed by atoms with Crippen molar-refractivity contribution in [3.8, 4) is 0 Å². The molecule has 1 rings (SSSR count). The Bertz CT molecular complexity index is 242. The van der Waals surface area contributed by atoms with Crippen LogP contribution in [0.5, 0.6) is 0 Å². The zero-order chi connectivity index (χ0) is 12.3. The number of hydrogen-bond donors (Lipinski definition) is 1. The summed E-state index contributed by atoms with van der Waals surface area (Å²) in [5.74, 6) is 0.768. The van der Waals surface area contributed by atoms with Gasteiger partial charge in [-0.05, 0) is 32.1 Å². The Morgan fingerprint density at radius 1 is 1.50 bits per heavy atom. The summed E-state index contributed by atoms with van der Waals surface area (Å²) in [5.41, 5.74) is 6.16. The van der Waals surface area contributed by atoms with Crippen LogP contribution < -0.4 is 5.73 Å². The maximum atomic E-state index is 12.3. The van der Waals surface area contributed by atoms with Crippen LogP contribution in [-0.2, 0) is 4.79 Å². The van der Waals surface area contributed by atoms with Gasteiger partial charge in [0, 0.05) is 19.1 Å². The zero-order valence-corrected chi connectivity index (χ0v) is 11.1. The lowest BCUT2D eigenvalue weighted by atomic mass is 9.77. The van der Waals surface area contributed by atoms with Gasteiger partial charge in [-0.1, -0.05) is 20.3 Å². The number of rotatable bonds is 3. The number of hydrogen-bond acceptors (Lipinski definition) is 2. The zero-order valence-electron chi connectivity index (χ0n) is 11.1. The van der Waals surface area contributed by atoms with Crippen molar-refractivity contribution in [3.63, 3.8) is 0 Å². The minimum Gasteiger partial charge on any atom is -0.343 e. The highest BCUT2D eigenvalue weighted by atomic mass is 16.2. The van der Waals surface area contributed by atoms with E-state index < -0.39 is 0 Å². The van der Waals surface area contributed by atoms with Crippen molar-refractivity contribution < 1.29 is 4.79 Å². The van der Waals surface area contributed by atoms with Crippen molar-refractivity contribution >= 4 is 5.91 Å². The Morgan fingerprint density at radius 2 is 2.12 bits per heavy atom. The van der Waals surface area contributed by atoms with Gasteiger partial charge in [-0.25, -0.2) is 0 Å². The third-order valence-electron chi connectivity index (χ3n) is 4.21. The van der Waals surface area contributed by atoms with Gasteiger partial charge < -0.3 is 10.6 Å². The van der Waals surface area contributed by atoms with Crippen molar-refractivity contribution in [1.29, 1.82) is 0 Å². The minimum absolute atomic E-state index is 0.0442. The standard InChI is InChI=1S/C13H26N2O/c1-5-10(3)15(4)13(16)11-8-6-7-9(2)12(11)14/h9-12H,5-8,14H2,1-4H3. The molecule has 1 aliphatic carbocycles. The predicted molar refractivity (Wildman–Crippen MR) is 67.0 cm³/mol. The van der Waals surface area contributed by atoms with E-state index in [4.69, 9.17) is 5.73 Å². The smallest absolute Gasteiger partial charge is 0.227 e. The number of amides is 1. The fourth-order valence-corrected chi connectivity index (χ4v) is 2.48. The quantitative estimate of drug-likeness (QED) is 0.800. The van der Waals surface area contributed by atoms with E-state index in [0.29, 0.717) is 12.0 Å². The lowest BCUT2D eigenvalue weighted by Crippen LogP contribution is -2.49. The Balaban J connectivity index is 2.65. The average molecular weight is 226 g/mol. The fourth-order valence-electron chi connectivity index (χ4n) is 2.48. The molecule has 1 aliphatic rings. The molecule has 0 radical (unpaired) electrons. The molecule has 16 heavy (non-hydrogen) atoms. The van der Waals surface area contributed by atoms with Gasteiger partial charge in [0.05, 0.1) is 5.92 Å². The summed E-state index contributed by atoms with van der Waals surface area (Å²) >= 11 is 0. The van der Waals surface area contributed by atoms with E-state index in [0.717, 1.165) is 25.7 Å². The van der Waals surface area contributed by atoms with Crippen molar-refractivity contribution in [2.75, 3.05) is 7.05 Å². The number of carbonyl (C=O) groups is 1. The molecular formula is C13H26N2O. The topological polar surface area (TPSA) is 46.3 Å². The number of carbonyl (C=O) groups excluding carboxylic acids is 1. The van der Waals surface area contributed by atoms with Crippen molar-refractivity contribution in [1.82, 2.24) is 4.90 Å². The van der Waals surface area contributed by atoms with Gasteiger partial charge in [0.25, 0.3) is 0 Å². The lowest BCUT2D eigenvalue weighted by Gasteiger charge is -2.36. The van der Waals surface area contributed by atoms with Crippen LogP contribution in [0.15, 0.2) is 0 Å². The van der Waals surface area contributed by atoms with Gasteiger partial charge in [0.2, 0.25) is 5.91 Å². The van der Waals surface area contributed by atoms with Gasteiger partial charge in [0.1, 0.15) is 0 Å². The minimum atomic E-state index is 0.0442. The van der Waals surface area contributed by atoms with E-state index in [1.165, 1.54) is 0 Å². The summed E-state index contributed by atoms with van der Waals surface area (Å²) in [6.07, 6.45) is 4.27. The molecule has 0 bridgehead atoms. The largest absolute Gasteiger partial charge is 0.343 e.